The quantitative estimate of drug-likeness (QED) is 0.136. The fourth-order valence-electron chi connectivity index (χ4n) is 7.51. The van der Waals surface area contributed by atoms with Crippen molar-refractivity contribution in [3.8, 4) is 16.9 Å². The monoisotopic (exact) mass is 710 g/mol. The standard InChI is InChI=1S/C40H54N8O4/c1-6-35-33(39(45-31-13-15-52-16-14-31)34-22-43-48(7-2)40(34)46-35)21-42-38(50)19-37(49)41-20-28-11-12-36(51-5)32(18-28)30-10-8-9-29(17-30)25-47-23-26(3)44-27(4)24-47/h8-12,17-18,22,26-27,31,44H,6-7,13-16,19-21,23-25H2,1-5H3,(H,41,49)(H,42,50)(H,45,46)/t26-,27+. The van der Waals surface area contributed by atoms with E-state index in [2.05, 4.69) is 82.4 Å². The van der Waals surface area contributed by atoms with Gasteiger partial charge in [-0.2, -0.15) is 5.10 Å². The Morgan fingerprint density at radius 1 is 0.981 bits per heavy atom. The highest BCUT2D eigenvalue weighted by atomic mass is 16.5. The molecule has 2 atom stereocenters. The highest BCUT2D eigenvalue weighted by Gasteiger charge is 2.23. The molecule has 52 heavy (non-hydrogen) atoms. The van der Waals surface area contributed by atoms with Gasteiger partial charge in [0, 0.05) is 87.4 Å². The second-order valence-electron chi connectivity index (χ2n) is 14.1. The number of ether oxygens (including phenoxy) is 2. The van der Waals surface area contributed by atoms with E-state index in [0.29, 0.717) is 44.8 Å². The molecule has 2 amide bonds. The van der Waals surface area contributed by atoms with E-state index in [9.17, 15) is 9.59 Å². The molecule has 0 radical (unpaired) electrons. The van der Waals surface area contributed by atoms with Crippen LogP contribution in [0.5, 0.6) is 5.75 Å². The molecule has 0 aliphatic carbocycles. The Balaban J connectivity index is 1.09. The van der Waals surface area contributed by atoms with Gasteiger partial charge < -0.3 is 30.7 Å². The third-order valence-electron chi connectivity index (χ3n) is 9.99. The summed E-state index contributed by atoms with van der Waals surface area (Å²) >= 11 is 0. The molecule has 0 bridgehead atoms. The average Bonchev–Trinajstić information content (AvgIpc) is 3.56. The van der Waals surface area contributed by atoms with Crippen molar-refractivity contribution in [2.24, 2.45) is 0 Å². The molecule has 4 aromatic rings. The Bertz CT molecular complexity index is 1840. The molecule has 2 saturated heterocycles. The van der Waals surface area contributed by atoms with E-state index in [0.717, 1.165) is 82.9 Å². The topological polar surface area (TPSA) is 135 Å². The largest absolute Gasteiger partial charge is 0.496 e. The van der Waals surface area contributed by atoms with Gasteiger partial charge in [0.2, 0.25) is 11.8 Å². The van der Waals surface area contributed by atoms with Crippen molar-refractivity contribution < 1.29 is 19.1 Å². The van der Waals surface area contributed by atoms with Gasteiger partial charge in [-0.15, -0.1) is 0 Å². The minimum absolute atomic E-state index is 0.252. The van der Waals surface area contributed by atoms with Crippen LogP contribution in [0.1, 0.15) is 69.3 Å². The van der Waals surface area contributed by atoms with Crippen LogP contribution in [-0.4, -0.2) is 83.0 Å². The maximum absolute atomic E-state index is 13.1. The molecule has 0 saturated carbocycles. The lowest BCUT2D eigenvalue weighted by Gasteiger charge is -2.36. The second kappa shape index (κ2) is 17.3. The highest BCUT2D eigenvalue weighted by Crippen LogP contribution is 2.33. The van der Waals surface area contributed by atoms with Gasteiger partial charge in [-0.25, -0.2) is 9.67 Å². The molecule has 12 heteroatoms. The zero-order valence-electron chi connectivity index (χ0n) is 31.3. The summed E-state index contributed by atoms with van der Waals surface area (Å²) in [7, 11) is 1.67. The van der Waals surface area contributed by atoms with Gasteiger partial charge in [0.1, 0.15) is 12.2 Å². The zero-order chi connectivity index (χ0) is 36.6. The number of amides is 2. The second-order valence-corrected chi connectivity index (χ2v) is 14.1. The number of benzene rings is 2. The predicted octanol–water partition coefficient (Wildman–Crippen LogP) is 4.79. The van der Waals surface area contributed by atoms with Gasteiger partial charge in [0.15, 0.2) is 5.65 Å². The number of carbonyl (C=O) groups is 2. The minimum atomic E-state index is -0.346. The van der Waals surface area contributed by atoms with Crippen molar-refractivity contribution in [2.75, 3.05) is 38.7 Å². The summed E-state index contributed by atoms with van der Waals surface area (Å²) < 4.78 is 13.2. The summed E-state index contributed by atoms with van der Waals surface area (Å²) in [5, 5.41) is 18.8. The number of carbonyl (C=O) groups excluding carboxylic acids is 2. The van der Waals surface area contributed by atoms with Crippen LogP contribution in [0.2, 0.25) is 0 Å². The molecule has 4 N–H and O–H groups in total. The zero-order valence-corrected chi connectivity index (χ0v) is 31.3. The van der Waals surface area contributed by atoms with E-state index in [1.165, 1.54) is 5.56 Å². The first-order valence-corrected chi connectivity index (χ1v) is 18.7. The van der Waals surface area contributed by atoms with Crippen LogP contribution in [0.4, 0.5) is 5.69 Å². The van der Waals surface area contributed by atoms with E-state index in [-0.39, 0.29) is 30.8 Å². The molecular weight excluding hydrogens is 656 g/mol. The van der Waals surface area contributed by atoms with Gasteiger partial charge in [-0.1, -0.05) is 31.2 Å². The van der Waals surface area contributed by atoms with Gasteiger partial charge >= 0.3 is 0 Å². The van der Waals surface area contributed by atoms with Crippen molar-refractivity contribution in [3.05, 3.63) is 71.0 Å². The summed E-state index contributed by atoms with van der Waals surface area (Å²) in [6.45, 7) is 14.2. The Morgan fingerprint density at radius 3 is 2.44 bits per heavy atom. The number of aryl methyl sites for hydroxylation is 2. The third kappa shape index (κ3) is 9.09. The summed E-state index contributed by atoms with van der Waals surface area (Å²) in [4.78, 5) is 33.6. The van der Waals surface area contributed by atoms with Crippen LogP contribution in [0.25, 0.3) is 22.2 Å². The number of hydrogen-bond acceptors (Lipinski definition) is 9. The number of methoxy groups -OCH3 is 1. The lowest BCUT2D eigenvalue weighted by atomic mass is 9.99. The van der Waals surface area contributed by atoms with Gasteiger partial charge in [0.25, 0.3) is 0 Å². The molecule has 0 unspecified atom stereocenters. The van der Waals surface area contributed by atoms with Crippen LogP contribution in [0.3, 0.4) is 0 Å². The molecule has 0 spiro atoms. The normalized spacial score (nSPS) is 18.3. The molecule has 4 heterocycles. The first-order chi connectivity index (χ1) is 25.2. The number of piperazine rings is 1. The fraction of sp³-hybridized carbons (Fsp3) is 0.500. The number of nitrogens with one attached hydrogen (secondary N) is 4. The minimum Gasteiger partial charge on any atom is -0.496 e. The molecule has 2 aromatic carbocycles. The number of hydrogen-bond donors (Lipinski definition) is 4. The van der Waals surface area contributed by atoms with Crippen molar-refractivity contribution in [2.45, 2.75) is 97.7 Å². The van der Waals surface area contributed by atoms with E-state index < -0.39 is 0 Å². The first-order valence-electron chi connectivity index (χ1n) is 18.7. The van der Waals surface area contributed by atoms with Crippen LogP contribution < -0.4 is 26.0 Å². The molecular formula is C40H54N8O4. The van der Waals surface area contributed by atoms with Crippen molar-refractivity contribution in [3.63, 3.8) is 0 Å². The molecule has 2 aliphatic rings. The van der Waals surface area contributed by atoms with Gasteiger partial charge in [0.05, 0.1) is 24.4 Å². The van der Waals surface area contributed by atoms with Crippen molar-refractivity contribution in [1.82, 2.24) is 35.6 Å². The number of nitrogens with zero attached hydrogens (tertiary/aromatic N) is 4. The SMILES string of the molecule is CCc1nc2c(cnn2CC)c(NC2CCOCC2)c1CNC(=O)CC(=O)NCc1ccc(OC)c(-c2cccc(CN3C[C@@H](C)N[C@@H](C)C3)c2)c1. The summed E-state index contributed by atoms with van der Waals surface area (Å²) in [5.41, 5.74) is 7.80. The van der Waals surface area contributed by atoms with Crippen LogP contribution >= 0.6 is 0 Å². The van der Waals surface area contributed by atoms with Crippen molar-refractivity contribution in [1.29, 1.82) is 0 Å². The van der Waals surface area contributed by atoms with E-state index in [4.69, 9.17) is 14.5 Å². The molecule has 6 rings (SSSR count). The summed E-state index contributed by atoms with van der Waals surface area (Å²) in [6.07, 6.45) is 4.07. The number of rotatable bonds is 14. The Hall–Kier alpha value is -4.52. The maximum Gasteiger partial charge on any atom is 0.229 e. The Kier molecular flexibility index (Phi) is 12.4. The number of pyridine rings is 1. The Labute approximate surface area is 307 Å². The van der Waals surface area contributed by atoms with E-state index in [1.54, 1.807) is 7.11 Å². The van der Waals surface area contributed by atoms with Crippen molar-refractivity contribution >= 4 is 28.5 Å². The van der Waals surface area contributed by atoms with Crippen LogP contribution in [-0.2, 0) is 46.9 Å². The fourth-order valence-corrected chi connectivity index (χ4v) is 7.51. The van der Waals surface area contributed by atoms with Gasteiger partial charge in [-0.3, -0.25) is 14.5 Å². The lowest BCUT2D eigenvalue weighted by molar-refractivity contribution is -0.129. The molecule has 2 aliphatic heterocycles. The van der Waals surface area contributed by atoms with E-state index >= 15 is 0 Å². The lowest BCUT2D eigenvalue weighted by Crippen LogP contribution is -2.53. The number of fused-ring (bicyclic) bond motifs is 1. The first kappa shape index (κ1) is 37.2. The van der Waals surface area contributed by atoms with Gasteiger partial charge in [-0.05, 0) is 74.9 Å². The third-order valence-corrected chi connectivity index (χ3v) is 9.99. The van der Waals surface area contributed by atoms with E-state index in [1.807, 2.05) is 29.9 Å². The molecule has 278 valence electrons. The smallest absolute Gasteiger partial charge is 0.229 e. The molecule has 2 aromatic heterocycles. The maximum atomic E-state index is 13.1. The van der Waals surface area contributed by atoms with Crippen LogP contribution in [0, 0.1) is 0 Å². The highest BCUT2D eigenvalue weighted by molar-refractivity contribution is 5.97. The summed E-state index contributed by atoms with van der Waals surface area (Å²) in [5.74, 6) is 0.0784. The average molecular weight is 711 g/mol. The number of anilines is 1. The van der Waals surface area contributed by atoms with Crippen LogP contribution in [0.15, 0.2) is 48.7 Å². The Morgan fingerprint density at radius 2 is 1.73 bits per heavy atom. The summed E-state index contributed by atoms with van der Waals surface area (Å²) in [6, 6.07) is 15.7. The number of aromatic nitrogens is 3. The molecule has 12 nitrogen and oxygen atoms in total. The molecule has 2 fully saturated rings. The predicted molar refractivity (Wildman–Crippen MR) is 204 cm³/mol.